The molecule has 1 saturated heterocycles. The van der Waals surface area contributed by atoms with Crippen molar-refractivity contribution in [2.24, 2.45) is 0 Å². The molecule has 176 valence electrons. The Hall–Kier alpha value is -2.09. The Kier molecular flexibility index (Phi) is 9.81. The molecule has 0 aliphatic carbocycles. The molecule has 2 aliphatic heterocycles. The number of hydrogen-bond acceptors (Lipinski definition) is 6. The van der Waals surface area contributed by atoms with Crippen molar-refractivity contribution in [1.82, 2.24) is 15.1 Å². The predicted octanol–water partition coefficient (Wildman–Crippen LogP) is 2.87. The van der Waals surface area contributed by atoms with Crippen LogP contribution in [0.4, 0.5) is 4.79 Å². The molecule has 0 aromatic heterocycles. The van der Waals surface area contributed by atoms with Gasteiger partial charge in [-0.05, 0) is 39.8 Å². The van der Waals surface area contributed by atoms with E-state index in [1.54, 1.807) is 18.7 Å². The van der Waals surface area contributed by atoms with E-state index in [-0.39, 0.29) is 12.0 Å². The van der Waals surface area contributed by atoms with E-state index in [0.717, 1.165) is 45.3 Å². The fourth-order valence-electron chi connectivity index (χ4n) is 4.26. The minimum absolute atomic E-state index is 0.237. The summed E-state index contributed by atoms with van der Waals surface area (Å²) >= 11 is 0. The van der Waals surface area contributed by atoms with Gasteiger partial charge in [0.25, 0.3) is 5.91 Å². The van der Waals surface area contributed by atoms with Gasteiger partial charge in [0.05, 0.1) is 12.2 Å². The van der Waals surface area contributed by atoms with Gasteiger partial charge in [0.2, 0.25) is 0 Å². The van der Waals surface area contributed by atoms with Gasteiger partial charge in [-0.1, -0.05) is 26.7 Å². The maximum absolute atomic E-state index is 13.1. The predicted molar refractivity (Wildman–Crippen MR) is 119 cm³/mol. The first-order valence-corrected chi connectivity index (χ1v) is 11.8. The molecule has 8 nitrogen and oxygen atoms in total. The number of likely N-dealkylation sites (tertiary alicyclic amines) is 1. The number of nitrogens with zero attached hydrogens (tertiary/aromatic N) is 2. The summed E-state index contributed by atoms with van der Waals surface area (Å²) in [6.07, 6.45) is 5.01. The Morgan fingerprint density at radius 1 is 1.10 bits per heavy atom. The lowest BCUT2D eigenvalue weighted by molar-refractivity contribution is -0.150. The fourth-order valence-corrected chi connectivity index (χ4v) is 4.26. The molecule has 0 aromatic rings. The van der Waals surface area contributed by atoms with Crippen LogP contribution in [0.3, 0.4) is 0 Å². The van der Waals surface area contributed by atoms with Gasteiger partial charge < -0.3 is 24.6 Å². The van der Waals surface area contributed by atoms with Crippen LogP contribution < -0.4 is 5.32 Å². The van der Waals surface area contributed by atoms with Crippen molar-refractivity contribution < 1.29 is 23.9 Å². The molecule has 0 bridgehead atoms. The fraction of sp³-hybridized carbons (Fsp3) is 0.783. The van der Waals surface area contributed by atoms with E-state index in [1.807, 2.05) is 0 Å². The second kappa shape index (κ2) is 12.1. The molecule has 0 unspecified atom stereocenters. The Labute approximate surface area is 186 Å². The van der Waals surface area contributed by atoms with Crippen molar-refractivity contribution in [3.8, 4) is 0 Å². The van der Waals surface area contributed by atoms with Crippen LogP contribution >= 0.6 is 0 Å². The molecular formula is C23H39N3O5. The molecule has 1 N–H and O–H groups in total. The van der Waals surface area contributed by atoms with Crippen molar-refractivity contribution in [2.75, 3.05) is 45.9 Å². The third-order valence-electron chi connectivity index (χ3n) is 6.12. The molecule has 31 heavy (non-hydrogen) atoms. The molecule has 0 aromatic carbocycles. The molecule has 8 heteroatoms. The second-order valence-corrected chi connectivity index (χ2v) is 8.37. The Morgan fingerprint density at radius 3 is 2.26 bits per heavy atom. The van der Waals surface area contributed by atoms with Gasteiger partial charge in [0, 0.05) is 44.6 Å². The summed E-state index contributed by atoms with van der Waals surface area (Å²) < 4.78 is 10.8. The molecular weight excluding hydrogens is 398 g/mol. The van der Waals surface area contributed by atoms with Gasteiger partial charge in [0.15, 0.2) is 0 Å². The van der Waals surface area contributed by atoms with Crippen molar-refractivity contribution in [2.45, 2.75) is 71.8 Å². The number of ether oxygens (including phenoxy) is 2. The minimum atomic E-state index is -0.946. The average Bonchev–Trinajstić information content (AvgIpc) is 2.99. The first-order chi connectivity index (χ1) is 14.9. The lowest BCUT2D eigenvalue weighted by atomic mass is 9.83. The normalized spacial score (nSPS) is 18.0. The number of carbonyl (C=O) groups excluding carboxylic acids is 3. The van der Waals surface area contributed by atoms with E-state index in [0.29, 0.717) is 50.2 Å². The average molecular weight is 438 g/mol. The highest BCUT2D eigenvalue weighted by atomic mass is 16.6. The third-order valence-corrected chi connectivity index (χ3v) is 6.12. The molecule has 0 radical (unpaired) electrons. The smallest absolute Gasteiger partial charge is 0.409 e. The Morgan fingerprint density at radius 2 is 1.71 bits per heavy atom. The SMILES string of the molecule is CCCCN(CCCC)CCNC(=O)C1=C(C)C(=O)OC12CCN(C(=O)OCC)CC2. The summed E-state index contributed by atoms with van der Waals surface area (Å²) in [4.78, 5) is 41.4. The molecule has 0 saturated carbocycles. The van der Waals surface area contributed by atoms with Crippen molar-refractivity contribution in [1.29, 1.82) is 0 Å². The molecule has 2 heterocycles. The highest BCUT2D eigenvalue weighted by molar-refractivity contribution is 6.07. The quantitative estimate of drug-likeness (QED) is 0.500. The van der Waals surface area contributed by atoms with E-state index < -0.39 is 11.6 Å². The standard InChI is InChI=1S/C23H39N3O5/c1-5-8-13-25(14-9-6-2)17-12-24-20(27)19-18(4)21(28)31-23(19)10-15-26(16-11-23)22(29)30-7-3/h5-17H2,1-4H3,(H,24,27). The minimum Gasteiger partial charge on any atom is -0.450 e. The third kappa shape index (κ3) is 6.45. The van der Waals surface area contributed by atoms with Gasteiger partial charge in [-0.2, -0.15) is 0 Å². The molecule has 1 fully saturated rings. The first kappa shape index (κ1) is 25.2. The van der Waals surface area contributed by atoms with E-state index >= 15 is 0 Å². The number of piperidine rings is 1. The van der Waals surface area contributed by atoms with Crippen LogP contribution in [0.5, 0.6) is 0 Å². The number of carbonyl (C=O) groups is 3. The zero-order valence-corrected chi connectivity index (χ0v) is 19.6. The van der Waals surface area contributed by atoms with Crippen molar-refractivity contribution in [3.05, 3.63) is 11.1 Å². The topological polar surface area (TPSA) is 88.2 Å². The van der Waals surface area contributed by atoms with Crippen LogP contribution in [-0.4, -0.2) is 79.2 Å². The number of hydrogen-bond donors (Lipinski definition) is 1. The summed E-state index contributed by atoms with van der Waals surface area (Å²) in [7, 11) is 0. The van der Waals surface area contributed by atoms with Crippen LogP contribution in [0.25, 0.3) is 0 Å². The van der Waals surface area contributed by atoms with Gasteiger partial charge in [0.1, 0.15) is 5.60 Å². The number of esters is 1. The first-order valence-electron chi connectivity index (χ1n) is 11.8. The van der Waals surface area contributed by atoms with E-state index in [4.69, 9.17) is 9.47 Å². The molecule has 1 spiro atoms. The van der Waals surface area contributed by atoms with Crippen LogP contribution in [0.2, 0.25) is 0 Å². The van der Waals surface area contributed by atoms with Crippen LogP contribution in [-0.2, 0) is 19.1 Å². The molecule has 0 atom stereocenters. The van der Waals surface area contributed by atoms with Gasteiger partial charge in [-0.3, -0.25) is 4.79 Å². The zero-order valence-electron chi connectivity index (χ0n) is 19.6. The summed E-state index contributed by atoms with van der Waals surface area (Å²) in [5.41, 5.74) is -0.149. The summed E-state index contributed by atoms with van der Waals surface area (Å²) in [5, 5.41) is 3.01. The Balaban J connectivity index is 1.98. The largest absolute Gasteiger partial charge is 0.450 e. The lowest BCUT2D eigenvalue weighted by Gasteiger charge is -2.38. The van der Waals surface area contributed by atoms with Crippen LogP contribution in [0, 0.1) is 0 Å². The van der Waals surface area contributed by atoms with E-state index in [2.05, 4.69) is 24.1 Å². The van der Waals surface area contributed by atoms with Gasteiger partial charge in [-0.25, -0.2) is 9.59 Å². The lowest BCUT2D eigenvalue weighted by Crippen LogP contribution is -2.50. The monoisotopic (exact) mass is 437 g/mol. The summed E-state index contributed by atoms with van der Waals surface area (Å²) in [6, 6.07) is 0. The highest BCUT2D eigenvalue weighted by Gasteiger charge is 2.51. The summed E-state index contributed by atoms with van der Waals surface area (Å²) in [5.74, 6) is -0.680. The van der Waals surface area contributed by atoms with Gasteiger partial charge in [-0.15, -0.1) is 0 Å². The molecule has 2 rings (SSSR count). The number of rotatable bonds is 11. The van der Waals surface area contributed by atoms with Crippen molar-refractivity contribution in [3.63, 3.8) is 0 Å². The van der Waals surface area contributed by atoms with Crippen molar-refractivity contribution >= 4 is 18.0 Å². The van der Waals surface area contributed by atoms with E-state index in [9.17, 15) is 14.4 Å². The van der Waals surface area contributed by atoms with E-state index in [1.165, 1.54) is 0 Å². The van der Waals surface area contributed by atoms with Gasteiger partial charge >= 0.3 is 12.1 Å². The maximum Gasteiger partial charge on any atom is 0.409 e. The maximum atomic E-state index is 13.1. The number of nitrogens with one attached hydrogen (secondary N) is 1. The van der Waals surface area contributed by atoms with Crippen LogP contribution in [0.1, 0.15) is 66.2 Å². The zero-order chi connectivity index (χ0) is 22.9. The number of amides is 2. The number of unbranched alkanes of at least 4 members (excludes halogenated alkanes) is 2. The highest BCUT2D eigenvalue weighted by Crippen LogP contribution is 2.41. The van der Waals surface area contributed by atoms with Crippen LogP contribution in [0.15, 0.2) is 11.1 Å². The molecule has 2 amide bonds. The summed E-state index contributed by atoms with van der Waals surface area (Å²) in [6.45, 7) is 12.2. The molecule has 2 aliphatic rings. The second-order valence-electron chi connectivity index (χ2n) is 8.37. The Bertz CT molecular complexity index is 660.